The van der Waals surface area contributed by atoms with Gasteiger partial charge < -0.3 is 14.2 Å². The van der Waals surface area contributed by atoms with Crippen molar-refractivity contribution in [1.82, 2.24) is 9.47 Å². The first-order valence-corrected chi connectivity index (χ1v) is 8.78. The van der Waals surface area contributed by atoms with E-state index in [0.717, 1.165) is 45.4 Å². The van der Waals surface area contributed by atoms with Crippen molar-refractivity contribution in [3.05, 3.63) is 35.5 Å². The van der Waals surface area contributed by atoms with Gasteiger partial charge in [0.05, 0.1) is 0 Å². The van der Waals surface area contributed by atoms with Gasteiger partial charge in [0.25, 0.3) is 5.91 Å². The fraction of sp³-hybridized carbons (Fsp3) is 0.526. The zero-order chi connectivity index (χ0) is 15.8. The van der Waals surface area contributed by atoms with Crippen molar-refractivity contribution in [1.29, 1.82) is 0 Å². The Balaban J connectivity index is 1.67. The number of benzene rings is 1. The lowest BCUT2D eigenvalue weighted by Gasteiger charge is -2.24. The Morgan fingerprint density at radius 3 is 3.04 bits per heavy atom. The van der Waals surface area contributed by atoms with Gasteiger partial charge in [0.2, 0.25) is 0 Å². The normalized spacial score (nSPS) is 20.9. The highest BCUT2D eigenvalue weighted by Gasteiger charge is 2.30. The SMILES string of the molecule is CCCn1cc2c3c(cccc31)CN(C(=O)[C@H]1CCCO1)CC2. The first-order valence-electron chi connectivity index (χ1n) is 8.78. The van der Waals surface area contributed by atoms with Crippen LogP contribution in [-0.4, -0.2) is 34.6 Å². The number of rotatable bonds is 3. The number of carbonyl (C=O) groups is 1. The van der Waals surface area contributed by atoms with Crippen LogP contribution in [0, 0.1) is 0 Å². The number of amides is 1. The molecule has 0 spiro atoms. The van der Waals surface area contributed by atoms with Gasteiger partial charge >= 0.3 is 0 Å². The van der Waals surface area contributed by atoms with Crippen LogP contribution in [0.25, 0.3) is 10.9 Å². The molecule has 0 unspecified atom stereocenters. The van der Waals surface area contributed by atoms with Crippen LogP contribution in [0.1, 0.15) is 37.3 Å². The van der Waals surface area contributed by atoms with Gasteiger partial charge in [-0.25, -0.2) is 0 Å². The quantitative estimate of drug-likeness (QED) is 0.873. The standard InChI is InChI=1S/C19H24N2O2/c1-2-9-20-12-15-8-10-21(19(22)17-7-4-11-23-17)13-14-5-3-6-16(20)18(14)15/h3,5-6,12,17H,2,4,7-11,13H2,1H3/t17-/m1/s1. The molecule has 1 atom stereocenters. The first kappa shape index (κ1) is 14.8. The molecule has 0 saturated carbocycles. The van der Waals surface area contributed by atoms with Gasteiger partial charge in [-0.1, -0.05) is 19.1 Å². The average Bonchev–Trinajstić information content (AvgIpc) is 3.16. The van der Waals surface area contributed by atoms with Crippen LogP contribution in [0.5, 0.6) is 0 Å². The second-order valence-electron chi connectivity index (χ2n) is 6.67. The molecule has 4 nitrogen and oxygen atoms in total. The molecule has 0 N–H and O–H groups in total. The predicted molar refractivity (Wildman–Crippen MR) is 90.3 cm³/mol. The van der Waals surface area contributed by atoms with E-state index in [1.165, 1.54) is 22.0 Å². The molecular weight excluding hydrogens is 288 g/mol. The highest BCUT2D eigenvalue weighted by atomic mass is 16.5. The summed E-state index contributed by atoms with van der Waals surface area (Å²) in [7, 11) is 0. The number of ether oxygens (including phenoxy) is 1. The van der Waals surface area contributed by atoms with Gasteiger partial charge in [0.15, 0.2) is 0 Å². The van der Waals surface area contributed by atoms with E-state index in [4.69, 9.17) is 4.74 Å². The van der Waals surface area contributed by atoms with E-state index in [1.807, 2.05) is 4.90 Å². The third-order valence-corrected chi connectivity index (χ3v) is 5.06. The van der Waals surface area contributed by atoms with Gasteiger partial charge in [0, 0.05) is 43.3 Å². The van der Waals surface area contributed by atoms with Crippen LogP contribution >= 0.6 is 0 Å². The van der Waals surface area contributed by atoms with Crippen LogP contribution in [0.15, 0.2) is 24.4 Å². The molecule has 23 heavy (non-hydrogen) atoms. The number of nitrogens with zero attached hydrogens (tertiary/aromatic N) is 2. The molecule has 0 aliphatic carbocycles. The minimum absolute atomic E-state index is 0.172. The largest absolute Gasteiger partial charge is 0.368 e. The molecule has 1 aromatic carbocycles. The molecule has 2 aliphatic heterocycles. The summed E-state index contributed by atoms with van der Waals surface area (Å²) < 4.78 is 7.96. The maximum absolute atomic E-state index is 12.7. The van der Waals surface area contributed by atoms with Crippen molar-refractivity contribution in [3.8, 4) is 0 Å². The molecule has 1 aromatic heterocycles. The predicted octanol–water partition coefficient (Wildman–Crippen LogP) is 3.12. The van der Waals surface area contributed by atoms with E-state index in [9.17, 15) is 4.79 Å². The third kappa shape index (κ3) is 2.55. The number of hydrogen-bond donors (Lipinski definition) is 0. The summed E-state index contributed by atoms with van der Waals surface area (Å²) in [5, 5.41) is 1.36. The van der Waals surface area contributed by atoms with Crippen LogP contribution in [-0.2, 0) is 29.0 Å². The van der Waals surface area contributed by atoms with Gasteiger partial charge in [-0.15, -0.1) is 0 Å². The van der Waals surface area contributed by atoms with E-state index >= 15 is 0 Å². The molecule has 0 bridgehead atoms. The molecule has 1 saturated heterocycles. The molecule has 2 aliphatic rings. The summed E-state index contributed by atoms with van der Waals surface area (Å²) in [5.41, 5.74) is 3.97. The van der Waals surface area contributed by atoms with E-state index < -0.39 is 0 Å². The zero-order valence-corrected chi connectivity index (χ0v) is 13.8. The van der Waals surface area contributed by atoms with Gasteiger partial charge in [-0.3, -0.25) is 4.79 Å². The number of aromatic nitrogens is 1. The van der Waals surface area contributed by atoms with Gasteiger partial charge in [0.1, 0.15) is 6.10 Å². The Morgan fingerprint density at radius 2 is 2.26 bits per heavy atom. The summed E-state index contributed by atoms with van der Waals surface area (Å²) in [6.45, 7) is 5.49. The Labute approximate surface area is 137 Å². The topological polar surface area (TPSA) is 34.5 Å². The number of aryl methyl sites for hydroxylation is 1. The van der Waals surface area contributed by atoms with Crippen molar-refractivity contribution < 1.29 is 9.53 Å². The summed E-state index contributed by atoms with van der Waals surface area (Å²) in [6, 6.07) is 6.49. The molecule has 1 fully saturated rings. The van der Waals surface area contributed by atoms with E-state index in [-0.39, 0.29) is 12.0 Å². The number of hydrogen-bond acceptors (Lipinski definition) is 2. The summed E-state index contributed by atoms with van der Waals surface area (Å²) in [6.07, 6.45) is 6.01. The maximum atomic E-state index is 12.7. The molecule has 122 valence electrons. The van der Waals surface area contributed by atoms with Gasteiger partial charge in [-0.05, 0) is 42.9 Å². The summed E-state index contributed by atoms with van der Waals surface area (Å²) >= 11 is 0. The van der Waals surface area contributed by atoms with E-state index in [1.54, 1.807) is 0 Å². The van der Waals surface area contributed by atoms with Crippen molar-refractivity contribution in [2.24, 2.45) is 0 Å². The summed E-state index contributed by atoms with van der Waals surface area (Å²) in [4.78, 5) is 14.7. The highest BCUT2D eigenvalue weighted by molar-refractivity contribution is 5.89. The van der Waals surface area contributed by atoms with E-state index in [2.05, 4.69) is 35.9 Å². The average molecular weight is 312 g/mol. The Kier molecular flexibility index (Phi) is 3.85. The smallest absolute Gasteiger partial charge is 0.252 e. The summed E-state index contributed by atoms with van der Waals surface area (Å²) in [5.74, 6) is 0.172. The molecule has 1 amide bonds. The molecule has 4 heteroatoms. The Hall–Kier alpha value is -1.81. The minimum Gasteiger partial charge on any atom is -0.368 e. The van der Waals surface area contributed by atoms with Crippen molar-refractivity contribution in [2.75, 3.05) is 13.2 Å². The zero-order valence-electron chi connectivity index (χ0n) is 13.8. The Bertz CT molecular complexity index is 728. The van der Waals surface area contributed by atoms with Crippen molar-refractivity contribution >= 4 is 16.8 Å². The van der Waals surface area contributed by atoms with Crippen LogP contribution in [0.4, 0.5) is 0 Å². The molecule has 2 aromatic rings. The second-order valence-corrected chi connectivity index (χ2v) is 6.67. The minimum atomic E-state index is -0.216. The maximum Gasteiger partial charge on any atom is 0.252 e. The lowest BCUT2D eigenvalue weighted by atomic mass is 10.1. The number of carbonyl (C=O) groups excluding carboxylic acids is 1. The highest BCUT2D eigenvalue weighted by Crippen LogP contribution is 2.30. The van der Waals surface area contributed by atoms with Gasteiger partial charge in [-0.2, -0.15) is 0 Å². The van der Waals surface area contributed by atoms with Crippen LogP contribution in [0.2, 0.25) is 0 Å². The van der Waals surface area contributed by atoms with Crippen molar-refractivity contribution in [2.45, 2.75) is 51.8 Å². The third-order valence-electron chi connectivity index (χ3n) is 5.06. The lowest BCUT2D eigenvalue weighted by molar-refractivity contribution is -0.141. The molecule has 0 radical (unpaired) electrons. The monoisotopic (exact) mass is 312 g/mol. The van der Waals surface area contributed by atoms with Crippen LogP contribution in [0.3, 0.4) is 0 Å². The fourth-order valence-electron chi connectivity index (χ4n) is 3.97. The Morgan fingerprint density at radius 1 is 1.35 bits per heavy atom. The van der Waals surface area contributed by atoms with Crippen LogP contribution < -0.4 is 0 Å². The lowest BCUT2D eigenvalue weighted by Crippen LogP contribution is -2.39. The van der Waals surface area contributed by atoms with E-state index in [0.29, 0.717) is 6.54 Å². The molecule has 3 heterocycles. The van der Waals surface area contributed by atoms with Crippen molar-refractivity contribution in [3.63, 3.8) is 0 Å². The second kappa shape index (κ2) is 6.00. The molecule has 4 rings (SSSR count). The fourth-order valence-corrected chi connectivity index (χ4v) is 3.97. The first-order chi connectivity index (χ1) is 11.3. The molecular formula is C19H24N2O2.